The van der Waals surface area contributed by atoms with Crippen LogP contribution in [0, 0.1) is 5.82 Å². The molecule has 2 aromatic rings. The molecule has 0 heterocycles. The maximum absolute atomic E-state index is 14.1. The normalized spacial score (nSPS) is 14.8. The van der Waals surface area contributed by atoms with E-state index in [4.69, 9.17) is 34.8 Å². The molecule has 9 heteroatoms. The highest BCUT2D eigenvalue weighted by molar-refractivity contribution is 7.99. The molecule has 1 fully saturated rings. The van der Waals surface area contributed by atoms with Crippen molar-refractivity contribution in [2.75, 3.05) is 5.75 Å². The molecule has 1 saturated carbocycles. The summed E-state index contributed by atoms with van der Waals surface area (Å²) in [5.41, 5.74) is 0.932. The second-order valence-corrected chi connectivity index (χ2v) is 10.3. The van der Waals surface area contributed by atoms with Crippen LogP contribution >= 0.6 is 46.6 Å². The Hall–Kier alpha value is -1.47. The van der Waals surface area contributed by atoms with E-state index in [1.807, 2.05) is 0 Å². The number of thioether (sulfide) groups is 1. The summed E-state index contributed by atoms with van der Waals surface area (Å²) in [7, 11) is 0. The smallest absolute Gasteiger partial charge is 0.242 e. The van der Waals surface area contributed by atoms with Crippen molar-refractivity contribution < 1.29 is 14.0 Å². The average molecular weight is 532 g/mol. The monoisotopic (exact) mass is 530 g/mol. The molecule has 0 radical (unpaired) electrons. The van der Waals surface area contributed by atoms with Gasteiger partial charge in [-0.2, -0.15) is 0 Å². The Labute approximate surface area is 213 Å². The van der Waals surface area contributed by atoms with E-state index in [0.717, 1.165) is 25.7 Å². The van der Waals surface area contributed by atoms with Gasteiger partial charge in [0, 0.05) is 44.5 Å². The second-order valence-electron chi connectivity index (χ2n) is 8.08. The third-order valence-electron chi connectivity index (χ3n) is 5.79. The SMILES string of the molecule is CC(C(=O)NC1CCCC1)N(Cc1c(Cl)cccc1Cl)C(=O)CSCc1c(F)cccc1Cl. The van der Waals surface area contributed by atoms with Crippen molar-refractivity contribution in [2.24, 2.45) is 0 Å². The Morgan fingerprint density at radius 1 is 1.06 bits per heavy atom. The van der Waals surface area contributed by atoms with Crippen LogP contribution in [0.1, 0.15) is 43.7 Å². The highest BCUT2D eigenvalue weighted by Crippen LogP contribution is 2.28. The molecule has 0 aromatic heterocycles. The van der Waals surface area contributed by atoms with Crippen LogP contribution in [0.4, 0.5) is 4.39 Å². The predicted molar refractivity (Wildman–Crippen MR) is 134 cm³/mol. The fraction of sp³-hybridized carbons (Fsp3) is 0.417. The minimum atomic E-state index is -0.719. The molecule has 2 aromatic carbocycles. The molecule has 33 heavy (non-hydrogen) atoms. The van der Waals surface area contributed by atoms with Gasteiger partial charge >= 0.3 is 0 Å². The van der Waals surface area contributed by atoms with E-state index in [0.29, 0.717) is 26.2 Å². The molecule has 3 rings (SSSR count). The van der Waals surface area contributed by atoms with Gasteiger partial charge in [0.05, 0.1) is 5.75 Å². The summed E-state index contributed by atoms with van der Waals surface area (Å²) >= 11 is 20.0. The summed E-state index contributed by atoms with van der Waals surface area (Å²) in [6, 6.07) is 9.03. The Bertz CT molecular complexity index is 961. The zero-order chi connectivity index (χ0) is 24.0. The Morgan fingerprint density at radius 2 is 1.64 bits per heavy atom. The van der Waals surface area contributed by atoms with Crippen LogP contribution in [0.25, 0.3) is 0 Å². The maximum Gasteiger partial charge on any atom is 0.242 e. The van der Waals surface area contributed by atoms with E-state index >= 15 is 0 Å². The lowest BCUT2D eigenvalue weighted by Gasteiger charge is -2.30. The van der Waals surface area contributed by atoms with Crippen molar-refractivity contribution in [1.82, 2.24) is 10.2 Å². The van der Waals surface area contributed by atoms with Crippen molar-refractivity contribution in [3.8, 4) is 0 Å². The highest BCUT2D eigenvalue weighted by Gasteiger charge is 2.29. The van der Waals surface area contributed by atoms with E-state index in [1.54, 1.807) is 31.2 Å². The number of rotatable bonds is 9. The average Bonchev–Trinajstić information content (AvgIpc) is 3.28. The minimum absolute atomic E-state index is 0.0494. The number of halogens is 4. The fourth-order valence-electron chi connectivity index (χ4n) is 3.82. The first kappa shape index (κ1) is 26.1. The summed E-state index contributed by atoms with van der Waals surface area (Å²) in [6.45, 7) is 1.79. The lowest BCUT2D eigenvalue weighted by molar-refractivity contribution is -0.138. The molecular weight excluding hydrogens is 506 g/mol. The highest BCUT2D eigenvalue weighted by atomic mass is 35.5. The van der Waals surface area contributed by atoms with Crippen LogP contribution in [0.3, 0.4) is 0 Å². The second kappa shape index (κ2) is 12.3. The van der Waals surface area contributed by atoms with Crippen LogP contribution in [0.2, 0.25) is 15.1 Å². The van der Waals surface area contributed by atoms with Gasteiger partial charge in [0.1, 0.15) is 11.9 Å². The number of nitrogens with zero attached hydrogens (tertiary/aromatic N) is 1. The molecule has 2 amide bonds. The van der Waals surface area contributed by atoms with Gasteiger partial charge in [0.25, 0.3) is 0 Å². The number of carbonyl (C=O) groups excluding carboxylic acids is 2. The van der Waals surface area contributed by atoms with Crippen molar-refractivity contribution in [2.45, 2.75) is 57.0 Å². The first-order valence-corrected chi connectivity index (χ1v) is 13.1. The number of carbonyl (C=O) groups is 2. The number of hydrogen-bond acceptors (Lipinski definition) is 3. The number of hydrogen-bond donors (Lipinski definition) is 1. The van der Waals surface area contributed by atoms with E-state index in [2.05, 4.69) is 5.32 Å². The minimum Gasteiger partial charge on any atom is -0.352 e. The molecule has 1 aliphatic carbocycles. The summed E-state index contributed by atoms with van der Waals surface area (Å²) in [6.07, 6.45) is 4.07. The van der Waals surface area contributed by atoms with E-state index in [1.165, 1.54) is 28.8 Å². The molecule has 1 unspecified atom stereocenters. The van der Waals surface area contributed by atoms with Crippen LogP contribution in [-0.4, -0.2) is 34.6 Å². The number of benzene rings is 2. The van der Waals surface area contributed by atoms with E-state index < -0.39 is 11.9 Å². The Morgan fingerprint density at radius 3 is 2.24 bits per heavy atom. The zero-order valence-corrected chi connectivity index (χ0v) is 21.3. The van der Waals surface area contributed by atoms with Crippen LogP contribution in [-0.2, 0) is 21.9 Å². The lowest BCUT2D eigenvalue weighted by atomic mass is 10.1. The van der Waals surface area contributed by atoms with Gasteiger partial charge in [0.2, 0.25) is 11.8 Å². The van der Waals surface area contributed by atoms with Gasteiger partial charge in [-0.1, -0.05) is 59.8 Å². The van der Waals surface area contributed by atoms with Gasteiger partial charge in [-0.25, -0.2) is 4.39 Å². The first-order valence-electron chi connectivity index (χ1n) is 10.8. The number of nitrogens with one attached hydrogen (secondary N) is 1. The van der Waals surface area contributed by atoms with Crippen LogP contribution in [0.5, 0.6) is 0 Å². The molecule has 1 atom stereocenters. The predicted octanol–water partition coefficient (Wildman–Crippen LogP) is 6.50. The molecule has 0 spiro atoms. The Kier molecular flexibility index (Phi) is 9.74. The summed E-state index contributed by atoms with van der Waals surface area (Å²) < 4.78 is 14.1. The van der Waals surface area contributed by atoms with Gasteiger partial charge in [0.15, 0.2) is 0 Å². The fourth-order valence-corrected chi connectivity index (χ4v) is 5.59. The van der Waals surface area contributed by atoms with E-state index in [9.17, 15) is 14.0 Å². The standard InChI is InChI=1S/C24H26Cl3FN2O2S/c1-15(24(32)29-16-6-2-3-7-16)30(12-17-19(25)8-4-9-20(17)26)23(31)14-33-13-18-21(27)10-5-11-22(18)28/h4-5,8-11,15-16H,2-3,6-7,12-14H2,1H3,(H,29,32). The molecule has 1 N–H and O–H groups in total. The van der Waals surface area contributed by atoms with Crippen LogP contribution in [0.15, 0.2) is 36.4 Å². The van der Waals surface area contributed by atoms with E-state index in [-0.39, 0.29) is 35.9 Å². The molecule has 4 nitrogen and oxygen atoms in total. The topological polar surface area (TPSA) is 49.4 Å². The molecule has 0 saturated heterocycles. The molecule has 1 aliphatic rings. The quantitative estimate of drug-likeness (QED) is 0.402. The molecule has 178 valence electrons. The van der Waals surface area contributed by atoms with Crippen molar-refractivity contribution in [3.05, 3.63) is 68.4 Å². The van der Waals surface area contributed by atoms with Gasteiger partial charge < -0.3 is 10.2 Å². The maximum atomic E-state index is 14.1. The van der Waals surface area contributed by atoms with Gasteiger partial charge in [-0.15, -0.1) is 11.8 Å². The molecule has 0 aliphatic heterocycles. The number of amides is 2. The third kappa shape index (κ3) is 7.01. The van der Waals surface area contributed by atoms with Crippen molar-refractivity contribution in [1.29, 1.82) is 0 Å². The Balaban J connectivity index is 1.73. The van der Waals surface area contributed by atoms with Crippen LogP contribution < -0.4 is 5.32 Å². The molecular formula is C24H26Cl3FN2O2S. The van der Waals surface area contributed by atoms with Crippen molar-refractivity contribution >= 4 is 58.4 Å². The largest absolute Gasteiger partial charge is 0.352 e. The summed E-state index contributed by atoms with van der Waals surface area (Å²) in [5.74, 6) is -0.599. The summed E-state index contributed by atoms with van der Waals surface area (Å²) in [4.78, 5) is 27.6. The lowest BCUT2D eigenvalue weighted by Crippen LogP contribution is -2.50. The third-order valence-corrected chi connectivity index (χ3v) is 7.80. The van der Waals surface area contributed by atoms with Gasteiger partial charge in [-0.3, -0.25) is 9.59 Å². The van der Waals surface area contributed by atoms with Crippen molar-refractivity contribution in [3.63, 3.8) is 0 Å². The van der Waals surface area contributed by atoms with Gasteiger partial charge in [-0.05, 0) is 44.0 Å². The first-order chi connectivity index (χ1) is 15.8. The zero-order valence-electron chi connectivity index (χ0n) is 18.3. The molecule has 0 bridgehead atoms. The summed E-state index contributed by atoms with van der Waals surface area (Å²) in [5, 5.41) is 4.22.